The van der Waals surface area contributed by atoms with Gasteiger partial charge in [0.05, 0.1) is 56.4 Å². The van der Waals surface area contributed by atoms with Crippen LogP contribution >= 0.6 is 24.1 Å². The van der Waals surface area contributed by atoms with Gasteiger partial charge in [-0.3, -0.25) is 29.3 Å². The van der Waals surface area contributed by atoms with E-state index in [9.17, 15) is 60.7 Å². The van der Waals surface area contributed by atoms with Gasteiger partial charge in [0.1, 0.15) is 20.2 Å². The maximum absolute atomic E-state index is 13.9. The average molecular weight is 1050 g/mol. The number of amides is 4. The number of carbonyl (C=O) groups is 4. The van der Waals surface area contributed by atoms with Crippen LogP contribution in [0.25, 0.3) is 11.8 Å². The van der Waals surface area contributed by atoms with E-state index in [1.807, 2.05) is 0 Å². The number of anilines is 1. The van der Waals surface area contributed by atoms with E-state index >= 15 is 0 Å². The molecule has 0 unspecified atom stereocenters. The van der Waals surface area contributed by atoms with Gasteiger partial charge in [0.15, 0.2) is 11.4 Å². The molecule has 24 nitrogen and oxygen atoms in total. The van der Waals surface area contributed by atoms with Crippen molar-refractivity contribution in [1.29, 1.82) is 0 Å². The van der Waals surface area contributed by atoms with Gasteiger partial charge >= 0.3 is 206 Å². The van der Waals surface area contributed by atoms with E-state index in [1.54, 1.807) is 0 Å². The quantitative estimate of drug-likeness (QED) is 0.0228. The summed E-state index contributed by atoms with van der Waals surface area (Å²) in [6, 6.07) is 5.70. The first kappa shape index (κ1) is 62.1. The normalized spacial score (nSPS) is 14.8. The number of allylic oxidation sites excluding steroid dienone is 3. The molecule has 314 valence electrons. The second kappa shape index (κ2) is 28.0. The molecule has 0 bridgehead atoms. The zero-order chi connectivity index (χ0) is 43.2. The number of aromatic nitrogens is 2. The van der Waals surface area contributed by atoms with Crippen molar-refractivity contribution in [2.75, 3.05) is 25.6 Å². The van der Waals surface area contributed by atoms with E-state index in [2.05, 4.69) is 39.6 Å². The van der Waals surface area contributed by atoms with Gasteiger partial charge < -0.3 is 40.3 Å². The Kier molecular flexibility index (Phi) is 27.6. The number of rotatable bonds is 16. The summed E-state index contributed by atoms with van der Waals surface area (Å²) in [5, 5.41) is 51.7. The van der Waals surface area contributed by atoms with Crippen molar-refractivity contribution in [1.82, 2.24) is 25.3 Å². The van der Waals surface area contributed by atoms with Crippen molar-refractivity contribution in [2.45, 2.75) is 32.4 Å². The molecule has 1 aromatic heterocycles. The second-order valence-corrected chi connectivity index (χ2v) is 15.7. The Bertz CT molecular complexity index is 2580. The van der Waals surface area contributed by atoms with Crippen LogP contribution in [-0.4, -0.2) is 95.7 Å². The van der Waals surface area contributed by atoms with Crippen LogP contribution in [-0.2, 0) is 53.4 Å². The first-order chi connectivity index (χ1) is 27.9. The van der Waals surface area contributed by atoms with E-state index in [-0.39, 0.29) is 240 Å². The van der Waals surface area contributed by atoms with Gasteiger partial charge in [-0.2, -0.15) is 28.6 Å². The molecule has 0 atom stereocenters. The van der Waals surface area contributed by atoms with Gasteiger partial charge in [-0.15, -0.1) is 0 Å². The van der Waals surface area contributed by atoms with Crippen molar-refractivity contribution >= 4 is 85.4 Å². The van der Waals surface area contributed by atoms with E-state index < -0.39 is 87.9 Å². The fourth-order valence-electron chi connectivity index (χ4n) is 5.50. The standard InChI is InChI=1S/C31H29N7O17S4.4K/c1-32-28(40)26-19(30(42)37(34-26)21-14-17(56-54-52-44)7-11-23(21)58(46,47)48)9-5-16(36-13-3-4-25(36)39)6-10-20-27(29(41)33-2)35-38(31(20)43)22-15-18(57-55-53-45)8-12-24(22)59(49,50)51;;;;/h5-12,14-15,42,44-45H,3-4,13H2,1-2H3,(H,32,40)(H,33,41)(H,46,47,48)(H,49,50,51);;;;/q;4*+1/p-4/b9-5+,16-6-,20-10+;;;;. The number of hydrogen-bond acceptors (Lipinski definition) is 21. The molecule has 0 aliphatic carbocycles. The molecule has 5 rings (SSSR count). The smallest absolute Gasteiger partial charge is 0.744 e. The van der Waals surface area contributed by atoms with Gasteiger partial charge in [-0.1, -0.05) is 0 Å². The second-order valence-electron chi connectivity index (χ2n) is 11.5. The van der Waals surface area contributed by atoms with Crippen LogP contribution in [0.1, 0.15) is 28.9 Å². The minimum absolute atomic E-state index is 0. The number of carbonyl (C=O) groups excluding carboxylic acids is 4. The number of benzene rings is 2. The van der Waals surface area contributed by atoms with Crippen LogP contribution < -0.4 is 232 Å². The molecule has 63 heavy (non-hydrogen) atoms. The third-order valence-electron chi connectivity index (χ3n) is 8.06. The molecule has 2 aliphatic heterocycles. The summed E-state index contributed by atoms with van der Waals surface area (Å²) >= 11 is 0.600. The molecule has 3 N–H and O–H groups in total. The van der Waals surface area contributed by atoms with Crippen LogP contribution in [0.4, 0.5) is 5.69 Å². The average Bonchev–Trinajstić information content (AvgIpc) is 3.88. The predicted octanol–water partition coefficient (Wildman–Crippen LogP) is -13.2. The summed E-state index contributed by atoms with van der Waals surface area (Å²) in [5.74, 6) is -4.32. The van der Waals surface area contributed by atoms with E-state index in [4.69, 9.17) is 0 Å². The summed E-state index contributed by atoms with van der Waals surface area (Å²) in [5.41, 5.74) is -3.20. The number of nitrogens with zero attached hydrogens (tertiary/aromatic N) is 5. The third-order valence-corrected chi connectivity index (χ3v) is 11.0. The Morgan fingerprint density at radius 2 is 1.40 bits per heavy atom. The van der Waals surface area contributed by atoms with Gasteiger partial charge in [-0.05, 0) is 67.1 Å². The summed E-state index contributed by atoms with van der Waals surface area (Å²) in [6.45, 7) is 0.122. The topological polar surface area (TPSA) is 347 Å². The number of aromatic hydroxyl groups is 1. The molecule has 0 spiro atoms. The van der Waals surface area contributed by atoms with Gasteiger partial charge in [0, 0.05) is 42.5 Å². The van der Waals surface area contributed by atoms with Crippen LogP contribution in [0.5, 0.6) is 5.88 Å². The molecule has 2 aromatic carbocycles. The Labute approximate surface area is 536 Å². The van der Waals surface area contributed by atoms with Crippen molar-refractivity contribution in [3.05, 3.63) is 77.2 Å². The Morgan fingerprint density at radius 1 is 0.857 bits per heavy atom. The molecule has 1 fully saturated rings. The molecule has 3 heterocycles. The molecule has 1 saturated heterocycles. The number of nitrogens with one attached hydrogen (secondary N) is 2. The molecule has 4 amide bonds. The minimum Gasteiger partial charge on any atom is -0.744 e. The van der Waals surface area contributed by atoms with Crippen LogP contribution in [0.15, 0.2) is 90.6 Å². The molecular weight excluding hydrogens is 1030 g/mol. The number of hydrogen-bond donors (Lipinski definition) is 3. The molecular formula is C31H25K4N7O17S4. The number of likely N-dealkylation sites (tertiary alicyclic amines) is 1. The zero-order valence-electron chi connectivity index (χ0n) is 33.7. The Hall–Kier alpha value is 1.05. The predicted molar refractivity (Wildman–Crippen MR) is 192 cm³/mol. The van der Waals surface area contributed by atoms with Gasteiger partial charge in [0.2, 0.25) is 11.8 Å². The van der Waals surface area contributed by atoms with Crippen LogP contribution in [0.2, 0.25) is 0 Å². The molecule has 2 aliphatic rings. The summed E-state index contributed by atoms with van der Waals surface area (Å²) in [7, 11) is -8.13. The van der Waals surface area contributed by atoms with Crippen molar-refractivity contribution in [3.8, 4) is 11.6 Å². The Balaban J connectivity index is 0.00000496. The fourth-order valence-corrected chi connectivity index (χ4v) is 7.55. The summed E-state index contributed by atoms with van der Waals surface area (Å²) in [4.78, 5) is 52.2. The molecule has 0 radical (unpaired) electrons. The molecule has 32 heteroatoms. The minimum atomic E-state index is -5.28. The monoisotopic (exact) mass is 1050 g/mol. The largest absolute Gasteiger partial charge is 1.00 e. The number of hydrazone groups is 1. The van der Waals surface area contributed by atoms with Crippen LogP contribution in [0.3, 0.4) is 0 Å². The third kappa shape index (κ3) is 15.5. The molecule has 0 saturated carbocycles. The van der Waals surface area contributed by atoms with Gasteiger partial charge in [-0.25, -0.2) is 16.8 Å². The zero-order valence-corrected chi connectivity index (χ0v) is 49.5. The van der Waals surface area contributed by atoms with E-state index in [0.717, 1.165) is 48.6 Å². The van der Waals surface area contributed by atoms with Crippen molar-refractivity contribution in [3.63, 3.8) is 0 Å². The maximum atomic E-state index is 13.9. The fraction of sp³-hybridized carbons (Fsp3) is 0.161. The first-order valence-corrected chi connectivity index (χ1v) is 20.3. The first-order valence-electron chi connectivity index (χ1n) is 16.0. The van der Waals surface area contributed by atoms with E-state index in [0.29, 0.717) is 40.2 Å². The van der Waals surface area contributed by atoms with E-state index in [1.165, 1.54) is 31.1 Å². The summed E-state index contributed by atoms with van der Waals surface area (Å²) < 4.78 is 82.1. The molecule has 3 aromatic rings. The SMILES string of the molecule is CNC(=O)C1=NN(c2cc(SOO[O-])ccc2S(=O)(=O)[O-])C(=O)/C1=C/C=C(/C=C/c1c(C(=O)NC)nn(-c2cc(SOO[O-])ccc2S(=O)(=O)[O-])c1O)N1CCCC1=O.[K+].[K+].[K+].[K+]. The maximum Gasteiger partial charge on any atom is 1.00 e. The van der Waals surface area contributed by atoms with Crippen LogP contribution in [0, 0.1) is 0 Å². The van der Waals surface area contributed by atoms with Gasteiger partial charge in [0.25, 0.3) is 17.7 Å². The summed E-state index contributed by atoms with van der Waals surface area (Å²) in [6.07, 6.45) is 4.96. The van der Waals surface area contributed by atoms with Crippen molar-refractivity contribution in [2.24, 2.45) is 5.10 Å². The van der Waals surface area contributed by atoms with Crippen molar-refractivity contribution < 1.29 is 285 Å². The Morgan fingerprint density at radius 3 is 1.89 bits per heavy atom.